The molecule has 0 atom stereocenters. The third-order valence-electron chi connectivity index (χ3n) is 3.16. The van der Waals surface area contributed by atoms with E-state index in [-0.39, 0.29) is 0 Å². The molecule has 0 fully saturated rings. The highest BCUT2D eigenvalue weighted by Crippen LogP contribution is 2.29. The number of sulfonamides is 1. The Morgan fingerprint density at radius 3 is 2.76 bits per heavy atom. The Hall–Kier alpha value is -1.22. The second kappa shape index (κ2) is 6.27. The fourth-order valence-electron chi connectivity index (χ4n) is 2.17. The van der Waals surface area contributed by atoms with Crippen molar-refractivity contribution in [1.82, 2.24) is 19.4 Å². The first-order valence-corrected chi connectivity index (χ1v) is 8.83. The summed E-state index contributed by atoms with van der Waals surface area (Å²) >= 11 is 1.47. The Morgan fingerprint density at radius 2 is 2.19 bits per heavy atom. The lowest BCUT2D eigenvalue weighted by atomic mass is 10.3. The summed E-state index contributed by atoms with van der Waals surface area (Å²) in [6.07, 6.45) is 3.50. The van der Waals surface area contributed by atoms with Gasteiger partial charge in [0.2, 0.25) is 10.0 Å². The van der Waals surface area contributed by atoms with E-state index in [2.05, 4.69) is 10.4 Å². The summed E-state index contributed by atoms with van der Waals surface area (Å²) < 4.78 is 28.6. The van der Waals surface area contributed by atoms with E-state index in [4.69, 9.17) is 0 Å². The molecule has 116 valence electrons. The van der Waals surface area contributed by atoms with Crippen LogP contribution in [0.5, 0.6) is 0 Å². The zero-order chi connectivity index (χ0) is 15.6. The van der Waals surface area contributed by atoms with Crippen molar-refractivity contribution in [3.8, 4) is 0 Å². The van der Waals surface area contributed by atoms with Crippen LogP contribution in [-0.2, 0) is 30.2 Å². The zero-order valence-corrected chi connectivity index (χ0v) is 14.3. The quantitative estimate of drug-likeness (QED) is 0.869. The van der Waals surface area contributed by atoms with E-state index < -0.39 is 10.0 Å². The van der Waals surface area contributed by atoms with Gasteiger partial charge in [0.15, 0.2) is 0 Å². The van der Waals surface area contributed by atoms with Crippen LogP contribution in [0.25, 0.3) is 0 Å². The van der Waals surface area contributed by atoms with Crippen LogP contribution in [0, 0.1) is 6.92 Å². The molecule has 0 radical (unpaired) electrons. The highest BCUT2D eigenvalue weighted by atomic mass is 32.2. The fraction of sp³-hybridized carbons (Fsp3) is 0.462. The van der Waals surface area contributed by atoms with Gasteiger partial charge in [-0.2, -0.15) is 9.40 Å². The Bertz CT molecular complexity index is 718. The molecule has 2 rings (SSSR count). The van der Waals surface area contributed by atoms with Crippen molar-refractivity contribution < 1.29 is 8.42 Å². The third kappa shape index (κ3) is 3.34. The Balaban J connectivity index is 2.30. The summed E-state index contributed by atoms with van der Waals surface area (Å²) in [6.45, 7) is 2.69. The van der Waals surface area contributed by atoms with Crippen molar-refractivity contribution in [2.75, 3.05) is 14.1 Å². The average Bonchev–Trinajstić information content (AvgIpc) is 2.97. The molecule has 1 N–H and O–H groups in total. The van der Waals surface area contributed by atoms with E-state index in [1.54, 1.807) is 17.9 Å². The summed E-state index contributed by atoms with van der Waals surface area (Å²) in [6, 6.07) is 0. The van der Waals surface area contributed by atoms with E-state index in [0.29, 0.717) is 18.0 Å². The standard InChI is InChI=1S/C13H20N4O2S2/c1-10-9-20-12(6-14-2)13(10)21(18,19)17(4)8-11-5-15-16(3)7-11/h5,7,9,14H,6,8H2,1-4H3. The van der Waals surface area contributed by atoms with Crippen LogP contribution in [0.4, 0.5) is 0 Å². The Morgan fingerprint density at radius 1 is 1.48 bits per heavy atom. The SMILES string of the molecule is CNCc1scc(C)c1S(=O)(=O)N(C)Cc1cnn(C)c1. The molecule has 0 amide bonds. The van der Waals surface area contributed by atoms with Gasteiger partial charge in [-0.15, -0.1) is 11.3 Å². The molecule has 0 aliphatic rings. The second-order valence-electron chi connectivity index (χ2n) is 4.98. The van der Waals surface area contributed by atoms with E-state index in [1.807, 2.05) is 32.6 Å². The van der Waals surface area contributed by atoms with Gasteiger partial charge in [-0.1, -0.05) is 0 Å². The van der Waals surface area contributed by atoms with Crippen LogP contribution in [0.2, 0.25) is 0 Å². The lowest BCUT2D eigenvalue weighted by Crippen LogP contribution is -2.27. The smallest absolute Gasteiger partial charge is 0.244 e. The first-order chi connectivity index (χ1) is 9.86. The average molecular weight is 328 g/mol. The van der Waals surface area contributed by atoms with E-state index >= 15 is 0 Å². The van der Waals surface area contributed by atoms with Crippen LogP contribution in [0.3, 0.4) is 0 Å². The predicted molar refractivity (Wildman–Crippen MR) is 83.7 cm³/mol. The molecular formula is C13H20N4O2S2. The fourth-order valence-corrected chi connectivity index (χ4v) is 5.09. The van der Waals surface area contributed by atoms with Crippen LogP contribution in [0.15, 0.2) is 22.7 Å². The van der Waals surface area contributed by atoms with Crippen molar-refractivity contribution in [2.45, 2.75) is 24.9 Å². The normalized spacial score (nSPS) is 12.2. The number of aryl methyl sites for hydroxylation is 2. The van der Waals surface area contributed by atoms with Gasteiger partial charge >= 0.3 is 0 Å². The maximum Gasteiger partial charge on any atom is 0.244 e. The predicted octanol–water partition coefficient (Wildman–Crippen LogP) is 1.33. The summed E-state index contributed by atoms with van der Waals surface area (Å²) in [7, 11) is 1.72. The summed E-state index contributed by atoms with van der Waals surface area (Å²) in [5.41, 5.74) is 1.66. The Kier molecular flexibility index (Phi) is 4.82. The Labute approximate surface area is 129 Å². The van der Waals surface area contributed by atoms with E-state index in [9.17, 15) is 8.42 Å². The molecule has 8 heteroatoms. The lowest BCUT2D eigenvalue weighted by molar-refractivity contribution is 0.465. The van der Waals surface area contributed by atoms with Gasteiger partial charge in [-0.3, -0.25) is 4.68 Å². The highest BCUT2D eigenvalue weighted by molar-refractivity contribution is 7.89. The van der Waals surface area contributed by atoms with Crippen molar-refractivity contribution in [3.63, 3.8) is 0 Å². The van der Waals surface area contributed by atoms with Gasteiger partial charge in [-0.05, 0) is 24.9 Å². The molecule has 0 spiro atoms. The molecular weight excluding hydrogens is 308 g/mol. The molecule has 6 nitrogen and oxygen atoms in total. The largest absolute Gasteiger partial charge is 0.315 e. The number of nitrogens with one attached hydrogen (secondary N) is 1. The van der Waals surface area contributed by atoms with Crippen LogP contribution < -0.4 is 5.32 Å². The van der Waals surface area contributed by atoms with E-state index in [0.717, 1.165) is 16.0 Å². The maximum atomic E-state index is 12.8. The number of hydrogen-bond donors (Lipinski definition) is 1. The molecule has 0 aliphatic heterocycles. The molecule has 0 aromatic carbocycles. The molecule has 21 heavy (non-hydrogen) atoms. The lowest BCUT2D eigenvalue weighted by Gasteiger charge is -2.17. The van der Waals surface area contributed by atoms with Gasteiger partial charge in [0.25, 0.3) is 0 Å². The minimum Gasteiger partial charge on any atom is -0.315 e. The van der Waals surface area contributed by atoms with Crippen LogP contribution >= 0.6 is 11.3 Å². The minimum absolute atomic E-state index is 0.310. The number of rotatable bonds is 6. The molecule has 0 aliphatic carbocycles. The van der Waals surface area contributed by atoms with Crippen molar-refractivity contribution in [3.05, 3.63) is 33.8 Å². The molecule has 0 saturated carbocycles. The van der Waals surface area contributed by atoms with Gasteiger partial charge in [0.1, 0.15) is 4.90 Å². The topological polar surface area (TPSA) is 67.2 Å². The van der Waals surface area contributed by atoms with E-state index in [1.165, 1.54) is 15.6 Å². The monoisotopic (exact) mass is 328 g/mol. The molecule has 2 aromatic rings. The summed E-state index contributed by atoms with van der Waals surface area (Å²) in [5.74, 6) is 0. The van der Waals surface area contributed by atoms with Gasteiger partial charge in [0, 0.05) is 43.8 Å². The third-order valence-corrected chi connectivity index (χ3v) is 6.43. The van der Waals surface area contributed by atoms with Crippen molar-refractivity contribution in [1.29, 1.82) is 0 Å². The van der Waals surface area contributed by atoms with Crippen molar-refractivity contribution in [2.24, 2.45) is 7.05 Å². The molecule has 2 aromatic heterocycles. The molecule has 0 bridgehead atoms. The summed E-state index contributed by atoms with van der Waals surface area (Å²) in [4.78, 5) is 1.27. The molecule has 0 saturated heterocycles. The number of aromatic nitrogens is 2. The first-order valence-electron chi connectivity index (χ1n) is 6.51. The minimum atomic E-state index is -3.50. The number of hydrogen-bond acceptors (Lipinski definition) is 5. The summed E-state index contributed by atoms with van der Waals surface area (Å²) in [5, 5.41) is 8.97. The highest BCUT2D eigenvalue weighted by Gasteiger charge is 2.27. The van der Waals surface area contributed by atoms with Gasteiger partial charge < -0.3 is 5.32 Å². The van der Waals surface area contributed by atoms with Gasteiger partial charge in [-0.25, -0.2) is 8.42 Å². The van der Waals surface area contributed by atoms with Crippen LogP contribution in [-0.4, -0.2) is 36.6 Å². The second-order valence-corrected chi connectivity index (χ2v) is 7.93. The van der Waals surface area contributed by atoms with Gasteiger partial charge in [0.05, 0.1) is 6.20 Å². The first kappa shape index (κ1) is 16.2. The molecule has 0 unspecified atom stereocenters. The number of thiophene rings is 1. The zero-order valence-electron chi connectivity index (χ0n) is 12.6. The maximum absolute atomic E-state index is 12.8. The number of nitrogens with zero attached hydrogens (tertiary/aromatic N) is 3. The molecule has 2 heterocycles. The van der Waals surface area contributed by atoms with Crippen molar-refractivity contribution >= 4 is 21.4 Å². The van der Waals surface area contributed by atoms with Crippen LogP contribution in [0.1, 0.15) is 16.0 Å².